The average Bonchev–Trinajstić information content (AvgIpc) is 2.46. The molecule has 0 bridgehead atoms. The van der Waals surface area contributed by atoms with Gasteiger partial charge in [0.2, 0.25) is 0 Å². The molecule has 2 atom stereocenters. The first-order chi connectivity index (χ1) is 10.1. The van der Waals surface area contributed by atoms with E-state index in [1.165, 1.54) is 30.4 Å². The molecule has 2 aliphatic rings. The second-order valence-corrected chi connectivity index (χ2v) is 7.16. The summed E-state index contributed by atoms with van der Waals surface area (Å²) in [6.45, 7) is 7.23. The third-order valence-corrected chi connectivity index (χ3v) is 4.73. The van der Waals surface area contributed by atoms with Gasteiger partial charge in [-0.15, -0.1) is 0 Å². The van der Waals surface area contributed by atoms with Crippen molar-refractivity contribution in [2.45, 2.75) is 50.7 Å². The number of aliphatic hydroxyl groups is 1. The van der Waals surface area contributed by atoms with Crippen molar-refractivity contribution < 1.29 is 9.84 Å². The van der Waals surface area contributed by atoms with E-state index in [2.05, 4.69) is 43.0 Å². The SMILES string of the molecule is CC1(C)CN(CC2CCCc3ccccc32)CC(CO)O1. The normalized spacial score (nSPS) is 29.1. The lowest BCUT2D eigenvalue weighted by Crippen LogP contribution is -2.54. The zero-order valence-electron chi connectivity index (χ0n) is 13.2. The molecule has 1 heterocycles. The second-order valence-electron chi connectivity index (χ2n) is 7.16. The van der Waals surface area contributed by atoms with E-state index in [9.17, 15) is 5.11 Å². The molecule has 116 valence electrons. The fourth-order valence-electron chi connectivity index (χ4n) is 4.01. The van der Waals surface area contributed by atoms with Crippen molar-refractivity contribution in [3.8, 4) is 0 Å². The summed E-state index contributed by atoms with van der Waals surface area (Å²) in [7, 11) is 0. The van der Waals surface area contributed by atoms with Crippen LogP contribution < -0.4 is 0 Å². The first-order valence-electron chi connectivity index (χ1n) is 8.16. The van der Waals surface area contributed by atoms with Gasteiger partial charge in [-0.2, -0.15) is 0 Å². The van der Waals surface area contributed by atoms with E-state index < -0.39 is 0 Å². The van der Waals surface area contributed by atoms with E-state index >= 15 is 0 Å². The summed E-state index contributed by atoms with van der Waals surface area (Å²) in [4.78, 5) is 2.48. The van der Waals surface area contributed by atoms with Crippen molar-refractivity contribution >= 4 is 0 Å². The second kappa shape index (κ2) is 6.07. The first-order valence-corrected chi connectivity index (χ1v) is 8.16. The zero-order valence-corrected chi connectivity index (χ0v) is 13.2. The van der Waals surface area contributed by atoms with E-state index in [4.69, 9.17) is 4.74 Å². The number of hydrogen-bond acceptors (Lipinski definition) is 3. The summed E-state index contributed by atoms with van der Waals surface area (Å²) in [6.07, 6.45) is 3.74. The van der Waals surface area contributed by atoms with Gasteiger partial charge in [0.15, 0.2) is 0 Å². The zero-order chi connectivity index (χ0) is 14.9. The van der Waals surface area contributed by atoms with Gasteiger partial charge in [-0.05, 0) is 50.2 Å². The van der Waals surface area contributed by atoms with Crippen LogP contribution in [0.1, 0.15) is 43.7 Å². The Labute approximate surface area is 127 Å². The quantitative estimate of drug-likeness (QED) is 0.928. The number of fused-ring (bicyclic) bond motifs is 1. The highest BCUT2D eigenvalue weighted by Gasteiger charge is 2.34. The van der Waals surface area contributed by atoms with Crippen LogP contribution in [0, 0.1) is 0 Å². The molecule has 1 N–H and O–H groups in total. The predicted molar refractivity (Wildman–Crippen MR) is 84.6 cm³/mol. The van der Waals surface area contributed by atoms with Crippen molar-refractivity contribution in [3.05, 3.63) is 35.4 Å². The number of aryl methyl sites for hydroxylation is 1. The molecule has 1 aromatic rings. The fraction of sp³-hybridized carbons (Fsp3) is 0.667. The van der Waals surface area contributed by atoms with Gasteiger partial charge >= 0.3 is 0 Å². The predicted octanol–water partition coefficient (Wildman–Crippen LogP) is 2.58. The van der Waals surface area contributed by atoms with Crippen molar-refractivity contribution in [1.82, 2.24) is 4.90 Å². The molecule has 21 heavy (non-hydrogen) atoms. The highest BCUT2D eigenvalue weighted by molar-refractivity contribution is 5.32. The molecule has 2 unspecified atom stereocenters. The van der Waals surface area contributed by atoms with Crippen molar-refractivity contribution in [1.29, 1.82) is 0 Å². The topological polar surface area (TPSA) is 32.7 Å². The standard InChI is InChI=1S/C18H27NO2/c1-18(2)13-19(11-16(12-20)21-18)10-15-8-5-7-14-6-3-4-9-17(14)15/h3-4,6,9,15-16,20H,5,7-8,10-13H2,1-2H3. The molecule has 0 saturated carbocycles. The molecule has 0 radical (unpaired) electrons. The molecular formula is C18H27NO2. The third-order valence-electron chi connectivity index (χ3n) is 4.73. The summed E-state index contributed by atoms with van der Waals surface area (Å²) in [5, 5.41) is 9.45. The van der Waals surface area contributed by atoms with Crippen LogP contribution in [0.3, 0.4) is 0 Å². The molecule has 1 aliphatic carbocycles. The largest absolute Gasteiger partial charge is 0.394 e. The lowest BCUT2D eigenvalue weighted by atomic mass is 9.82. The summed E-state index contributed by atoms with van der Waals surface area (Å²) in [5.74, 6) is 0.628. The summed E-state index contributed by atoms with van der Waals surface area (Å²) in [5.41, 5.74) is 2.90. The lowest BCUT2D eigenvalue weighted by Gasteiger charge is -2.44. The van der Waals surface area contributed by atoms with Crippen LogP contribution in [0.25, 0.3) is 0 Å². The highest BCUT2D eigenvalue weighted by atomic mass is 16.5. The average molecular weight is 289 g/mol. The molecule has 3 nitrogen and oxygen atoms in total. The Hall–Kier alpha value is -0.900. The third kappa shape index (κ3) is 3.47. The molecule has 3 rings (SSSR count). The number of rotatable bonds is 3. The molecule has 0 aromatic heterocycles. The minimum atomic E-state index is -0.167. The number of aliphatic hydroxyl groups excluding tert-OH is 1. The maximum Gasteiger partial charge on any atom is 0.0940 e. The molecule has 3 heteroatoms. The fourth-order valence-corrected chi connectivity index (χ4v) is 4.01. The summed E-state index contributed by atoms with van der Waals surface area (Å²) >= 11 is 0. The van der Waals surface area contributed by atoms with Gasteiger partial charge in [0.25, 0.3) is 0 Å². The van der Waals surface area contributed by atoms with E-state index in [-0.39, 0.29) is 18.3 Å². The van der Waals surface area contributed by atoms with Crippen LogP contribution in [-0.2, 0) is 11.2 Å². The molecule has 1 aliphatic heterocycles. The molecule has 1 saturated heterocycles. The lowest BCUT2D eigenvalue weighted by molar-refractivity contribution is -0.149. The Morgan fingerprint density at radius 3 is 2.95 bits per heavy atom. The molecule has 1 fully saturated rings. The number of morpholine rings is 1. The molecule has 0 amide bonds. The van der Waals surface area contributed by atoms with Crippen molar-refractivity contribution in [3.63, 3.8) is 0 Å². The Morgan fingerprint density at radius 1 is 1.33 bits per heavy atom. The number of benzene rings is 1. The molecule has 0 spiro atoms. The van der Waals surface area contributed by atoms with Crippen LogP contribution in [0.15, 0.2) is 24.3 Å². The van der Waals surface area contributed by atoms with E-state index in [1.54, 1.807) is 0 Å². The monoisotopic (exact) mass is 289 g/mol. The Morgan fingerprint density at radius 2 is 2.14 bits per heavy atom. The van der Waals surface area contributed by atoms with Gasteiger partial charge in [-0.1, -0.05) is 24.3 Å². The minimum absolute atomic E-state index is 0.0485. The Kier molecular flexibility index (Phi) is 4.34. The molecule has 1 aromatic carbocycles. The Balaban J connectivity index is 1.72. The van der Waals surface area contributed by atoms with Gasteiger partial charge in [0, 0.05) is 19.6 Å². The maximum absolute atomic E-state index is 9.45. The van der Waals surface area contributed by atoms with Crippen LogP contribution in [0.5, 0.6) is 0 Å². The van der Waals surface area contributed by atoms with Crippen molar-refractivity contribution in [2.24, 2.45) is 0 Å². The van der Waals surface area contributed by atoms with Gasteiger partial charge < -0.3 is 9.84 Å². The van der Waals surface area contributed by atoms with Crippen LogP contribution >= 0.6 is 0 Å². The first kappa shape index (κ1) is 15.0. The number of nitrogens with zero attached hydrogens (tertiary/aromatic N) is 1. The summed E-state index contributed by atoms with van der Waals surface area (Å²) < 4.78 is 5.92. The maximum atomic E-state index is 9.45. The molecular weight excluding hydrogens is 262 g/mol. The van der Waals surface area contributed by atoms with Crippen LogP contribution in [-0.4, -0.2) is 48.0 Å². The van der Waals surface area contributed by atoms with Crippen LogP contribution in [0.4, 0.5) is 0 Å². The van der Waals surface area contributed by atoms with Gasteiger partial charge in [0.1, 0.15) is 0 Å². The van der Waals surface area contributed by atoms with Gasteiger partial charge in [-0.3, -0.25) is 4.90 Å². The highest BCUT2D eigenvalue weighted by Crippen LogP contribution is 2.33. The van der Waals surface area contributed by atoms with Crippen molar-refractivity contribution in [2.75, 3.05) is 26.2 Å². The van der Waals surface area contributed by atoms with E-state index in [0.717, 1.165) is 19.6 Å². The smallest absolute Gasteiger partial charge is 0.0940 e. The van der Waals surface area contributed by atoms with Gasteiger partial charge in [-0.25, -0.2) is 0 Å². The summed E-state index contributed by atoms with van der Waals surface area (Å²) in [6, 6.07) is 8.90. The van der Waals surface area contributed by atoms with E-state index in [1.807, 2.05) is 0 Å². The van der Waals surface area contributed by atoms with E-state index in [0.29, 0.717) is 5.92 Å². The van der Waals surface area contributed by atoms with Gasteiger partial charge in [0.05, 0.1) is 18.3 Å². The number of hydrogen-bond donors (Lipinski definition) is 1. The van der Waals surface area contributed by atoms with Crippen LogP contribution in [0.2, 0.25) is 0 Å². The Bertz CT molecular complexity index is 486. The number of ether oxygens (including phenoxy) is 1. The minimum Gasteiger partial charge on any atom is -0.394 e.